The summed E-state index contributed by atoms with van der Waals surface area (Å²) in [5, 5.41) is 0. The third kappa shape index (κ3) is 3.79. The average molecular weight is 400 g/mol. The van der Waals surface area contributed by atoms with Crippen LogP contribution in [0.1, 0.15) is 0 Å². The molecular formula is C24H24N4O2. The molecule has 6 heteroatoms. The van der Waals surface area contributed by atoms with Gasteiger partial charge in [-0.2, -0.15) is 0 Å². The fourth-order valence-electron chi connectivity index (χ4n) is 3.93. The van der Waals surface area contributed by atoms with Crippen LogP contribution in [0.25, 0.3) is 27.8 Å². The average Bonchev–Trinajstić information content (AvgIpc) is 3.23. The van der Waals surface area contributed by atoms with Crippen molar-refractivity contribution in [2.24, 2.45) is 0 Å². The Morgan fingerprint density at radius 2 is 1.70 bits per heavy atom. The van der Waals surface area contributed by atoms with Gasteiger partial charge in [0.05, 0.1) is 24.2 Å². The lowest BCUT2D eigenvalue weighted by atomic mass is 10.1. The highest BCUT2D eigenvalue weighted by Crippen LogP contribution is 2.24. The molecule has 0 N–H and O–H groups in total. The molecule has 30 heavy (non-hydrogen) atoms. The number of hydrogen-bond acceptors (Lipinski definition) is 4. The highest BCUT2D eigenvalue weighted by Gasteiger charge is 2.11. The minimum atomic E-state index is 0.0238. The van der Waals surface area contributed by atoms with E-state index in [0.717, 1.165) is 60.7 Å². The van der Waals surface area contributed by atoms with Crippen molar-refractivity contribution in [2.75, 3.05) is 32.8 Å². The van der Waals surface area contributed by atoms with Gasteiger partial charge in [0.15, 0.2) is 0 Å². The summed E-state index contributed by atoms with van der Waals surface area (Å²) in [5.74, 6) is 0. The van der Waals surface area contributed by atoms with Crippen molar-refractivity contribution in [1.29, 1.82) is 0 Å². The lowest BCUT2D eigenvalue weighted by molar-refractivity contribution is 0.0363. The molecule has 2 aromatic heterocycles. The highest BCUT2D eigenvalue weighted by molar-refractivity contribution is 5.83. The van der Waals surface area contributed by atoms with Crippen LogP contribution in [0.4, 0.5) is 0 Å². The maximum absolute atomic E-state index is 12.6. The van der Waals surface area contributed by atoms with Crippen molar-refractivity contribution < 1.29 is 4.74 Å². The first kappa shape index (κ1) is 18.8. The fourth-order valence-corrected chi connectivity index (χ4v) is 3.93. The van der Waals surface area contributed by atoms with Crippen molar-refractivity contribution in [3.63, 3.8) is 0 Å². The van der Waals surface area contributed by atoms with Gasteiger partial charge in [-0.25, -0.2) is 4.98 Å². The molecule has 0 saturated carbocycles. The molecule has 0 amide bonds. The first-order chi connectivity index (χ1) is 14.8. The number of pyridine rings is 1. The highest BCUT2D eigenvalue weighted by atomic mass is 16.5. The minimum Gasteiger partial charge on any atom is -0.379 e. The van der Waals surface area contributed by atoms with Gasteiger partial charge in [-0.05, 0) is 41.5 Å². The molecule has 1 fully saturated rings. The molecule has 0 radical (unpaired) electrons. The van der Waals surface area contributed by atoms with Crippen LogP contribution in [0.3, 0.4) is 0 Å². The van der Waals surface area contributed by atoms with Crippen LogP contribution in [-0.2, 0) is 11.3 Å². The van der Waals surface area contributed by atoms with Gasteiger partial charge >= 0.3 is 0 Å². The maximum Gasteiger partial charge on any atom is 0.251 e. The van der Waals surface area contributed by atoms with Crippen LogP contribution < -0.4 is 5.56 Å². The Morgan fingerprint density at radius 3 is 2.50 bits per heavy atom. The second kappa shape index (κ2) is 8.26. The van der Waals surface area contributed by atoms with E-state index in [1.807, 2.05) is 42.9 Å². The number of benzene rings is 2. The predicted molar refractivity (Wildman–Crippen MR) is 118 cm³/mol. The number of hydrogen-bond donors (Lipinski definition) is 0. The van der Waals surface area contributed by atoms with Crippen LogP contribution in [0.2, 0.25) is 0 Å². The zero-order chi connectivity index (χ0) is 20.3. The lowest BCUT2D eigenvalue weighted by Gasteiger charge is -2.26. The number of rotatable bonds is 5. The first-order valence-corrected chi connectivity index (χ1v) is 10.3. The largest absolute Gasteiger partial charge is 0.379 e. The van der Waals surface area contributed by atoms with E-state index in [1.165, 1.54) is 0 Å². The predicted octanol–water partition coefficient (Wildman–Crippen LogP) is 3.19. The van der Waals surface area contributed by atoms with Crippen LogP contribution in [0, 0.1) is 0 Å². The molecule has 1 aliphatic rings. The van der Waals surface area contributed by atoms with Gasteiger partial charge in [0.2, 0.25) is 0 Å². The summed E-state index contributed by atoms with van der Waals surface area (Å²) in [6, 6.07) is 20.0. The maximum atomic E-state index is 12.6. The van der Waals surface area contributed by atoms with Gasteiger partial charge in [0.25, 0.3) is 5.56 Å². The second-order valence-electron chi connectivity index (χ2n) is 7.55. The van der Waals surface area contributed by atoms with E-state index in [4.69, 9.17) is 4.74 Å². The SMILES string of the molecule is O=c1cc(-c2ccc3c(c2)ncn3-c2ccccc2)ccn1CCN1CCOCC1. The zero-order valence-electron chi connectivity index (χ0n) is 16.8. The van der Waals surface area contributed by atoms with Crippen LogP contribution in [0.5, 0.6) is 0 Å². The first-order valence-electron chi connectivity index (χ1n) is 10.3. The Labute approximate surface area is 175 Å². The second-order valence-corrected chi connectivity index (χ2v) is 7.55. The van der Waals surface area contributed by atoms with E-state index in [1.54, 1.807) is 10.6 Å². The summed E-state index contributed by atoms with van der Waals surface area (Å²) in [4.78, 5) is 19.5. The normalized spacial score (nSPS) is 14.9. The molecule has 0 aliphatic carbocycles. The number of nitrogens with zero attached hydrogens (tertiary/aromatic N) is 4. The fraction of sp³-hybridized carbons (Fsp3) is 0.250. The summed E-state index contributed by atoms with van der Waals surface area (Å²) >= 11 is 0. The zero-order valence-corrected chi connectivity index (χ0v) is 16.8. The van der Waals surface area contributed by atoms with E-state index in [0.29, 0.717) is 6.54 Å². The third-order valence-electron chi connectivity index (χ3n) is 5.67. The van der Waals surface area contributed by atoms with Crippen molar-refractivity contribution in [3.05, 3.63) is 83.5 Å². The standard InChI is InChI=1S/C24H24N4O2/c29-24-17-20(8-9-27(24)11-10-26-12-14-30-15-13-26)19-6-7-23-22(16-19)25-18-28(23)21-4-2-1-3-5-21/h1-9,16-18H,10-15H2. The number of ether oxygens (including phenoxy) is 1. The topological polar surface area (TPSA) is 52.3 Å². The molecule has 4 aromatic rings. The molecule has 1 aliphatic heterocycles. The molecule has 2 aromatic carbocycles. The molecule has 5 rings (SSSR count). The number of fused-ring (bicyclic) bond motifs is 1. The van der Waals surface area contributed by atoms with Crippen molar-refractivity contribution in [3.8, 4) is 16.8 Å². The molecule has 3 heterocycles. The van der Waals surface area contributed by atoms with Gasteiger partial charge in [0.1, 0.15) is 6.33 Å². The summed E-state index contributed by atoms with van der Waals surface area (Å²) in [6.07, 6.45) is 3.73. The summed E-state index contributed by atoms with van der Waals surface area (Å²) in [7, 11) is 0. The Bertz CT molecular complexity index is 1210. The monoisotopic (exact) mass is 400 g/mol. The Hall–Kier alpha value is -3.22. The van der Waals surface area contributed by atoms with E-state index in [2.05, 4.69) is 38.7 Å². The smallest absolute Gasteiger partial charge is 0.251 e. The molecule has 1 saturated heterocycles. The van der Waals surface area contributed by atoms with Crippen molar-refractivity contribution >= 4 is 11.0 Å². The van der Waals surface area contributed by atoms with Gasteiger partial charge in [-0.1, -0.05) is 24.3 Å². The number of aromatic nitrogens is 3. The summed E-state index contributed by atoms with van der Waals surface area (Å²) in [5.41, 5.74) is 4.97. The quantitative estimate of drug-likeness (QED) is 0.516. The van der Waals surface area contributed by atoms with Gasteiger partial charge in [-0.15, -0.1) is 0 Å². The molecule has 6 nitrogen and oxygen atoms in total. The van der Waals surface area contributed by atoms with Crippen LogP contribution in [0.15, 0.2) is 78.0 Å². The molecule has 152 valence electrons. The lowest BCUT2D eigenvalue weighted by Crippen LogP contribution is -2.39. The van der Waals surface area contributed by atoms with Crippen molar-refractivity contribution in [1.82, 2.24) is 19.0 Å². The van der Waals surface area contributed by atoms with E-state index >= 15 is 0 Å². The van der Waals surface area contributed by atoms with E-state index in [9.17, 15) is 4.79 Å². The Balaban J connectivity index is 1.37. The summed E-state index contributed by atoms with van der Waals surface area (Å²) in [6.45, 7) is 4.97. The molecule has 0 unspecified atom stereocenters. The Morgan fingerprint density at radius 1 is 0.900 bits per heavy atom. The molecule has 0 atom stereocenters. The Kier molecular flexibility index (Phi) is 5.17. The minimum absolute atomic E-state index is 0.0238. The molecular weight excluding hydrogens is 376 g/mol. The van der Waals surface area contributed by atoms with Gasteiger partial charge < -0.3 is 9.30 Å². The van der Waals surface area contributed by atoms with Gasteiger partial charge in [-0.3, -0.25) is 14.3 Å². The molecule has 0 spiro atoms. The number of para-hydroxylation sites is 1. The van der Waals surface area contributed by atoms with E-state index in [-0.39, 0.29) is 5.56 Å². The number of morpholine rings is 1. The van der Waals surface area contributed by atoms with Crippen LogP contribution in [-0.4, -0.2) is 51.9 Å². The number of imidazole rings is 1. The van der Waals surface area contributed by atoms with E-state index < -0.39 is 0 Å². The van der Waals surface area contributed by atoms with Gasteiger partial charge in [0, 0.05) is 44.1 Å². The van der Waals surface area contributed by atoms with Crippen LogP contribution >= 0.6 is 0 Å². The summed E-state index contributed by atoms with van der Waals surface area (Å²) < 4.78 is 9.23. The molecule has 0 bridgehead atoms. The third-order valence-corrected chi connectivity index (χ3v) is 5.67. The van der Waals surface area contributed by atoms with Crippen molar-refractivity contribution in [2.45, 2.75) is 6.54 Å².